The van der Waals surface area contributed by atoms with Crippen molar-refractivity contribution >= 4 is 11.9 Å². The molecule has 0 aliphatic heterocycles. The smallest absolute Gasteiger partial charge is 0.345 e. The Hall–Kier alpha value is -1.10. The predicted octanol–water partition coefficient (Wildman–Crippen LogP) is 0.503. The Kier molecular flexibility index (Phi) is 2.65. The molecule has 2 atom stereocenters. The van der Waals surface area contributed by atoms with E-state index in [-0.39, 0.29) is 6.42 Å². The van der Waals surface area contributed by atoms with E-state index in [1.54, 1.807) is 0 Å². The van der Waals surface area contributed by atoms with E-state index in [4.69, 9.17) is 10.4 Å². The molecule has 0 aromatic rings. The topological polar surface area (TPSA) is 83.8 Å². The molecule has 0 bridgehead atoms. The summed E-state index contributed by atoms with van der Waals surface area (Å²) in [5.41, 5.74) is 0. The highest BCUT2D eigenvalue weighted by atomic mass is 17.1. The third-order valence-corrected chi connectivity index (χ3v) is 2.21. The van der Waals surface area contributed by atoms with Gasteiger partial charge in [-0.15, -0.1) is 0 Å². The fourth-order valence-corrected chi connectivity index (χ4v) is 1.49. The number of hydrogen-bond donors (Lipinski definition) is 2. The van der Waals surface area contributed by atoms with Crippen molar-refractivity contribution in [1.29, 1.82) is 0 Å². The van der Waals surface area contributed by atoms with Crippen molar-refractivity contribution in [2.45, 2.75) is 19.3 Å². The Morgan fingerprint density at radius 1 is 1.25 bits per heavy atom. The van der Waals surface area contributed by atoms with Gasteiger partial charge in [0.25, 0.3) is 0 Å². The summed E-state index contributed by atoms with van der Waals surface area (Å²) in [6.07, 6.45) is 1.24. The molecule has 12 heavy (non-hydrogen) atoms. The van der Waals surface area contributed by atoms with Gasteiger partial charge in [-0.05, 0) is 19.3 Å². The Morgan fingerprint density at radius 3 is 2.25 bits per heavy atom. The third-order valence-electron chi connectivity index (χ3n) is 2.21. The number of carbonyl (C=O) groups excluding carboxylic acids is 1. The minimum Gasteiger partial charge on any atom is -0.481 e. The van der Waals surface area contributed by atoms with Crippen LogP contribution in [-0.2, 0) is 14.5 Å². The molecule has 0 aromatic heterocycles. The van der Waals surface area contributed by atoms with Gasteiger partial charge in [0.2, 0.25) is 0 Å². The molecule has 68 valence electrons. The Balaban J connectivity index is 2.45. The first-order valence-electron chi connectivity index (χ1n) is 3.73. The van der Waals surface area contributed by atoms with Gasteiger partial charge in [-0.1, -0.05) is 0 Å². The van der Waals surface area contributed by atoms with Gasteiger partial charge >= 0.3 is 11.9 Å². The van der Waals surface area contributed by atoms with E-state index < -0.39 is 23.8 Å². The van der Waals surface area contributed by atoms with Gasteiger partial charge in [0.1, 0.15) is 0 Å². The monoisotopic (exact) mass is 174 g/mol. The summed E-state index contributed by atoms with van der Waals surface area (Å²) in [7, 11) is 0. The molecule has 5 nitrogen and oxygen atoms in total. The summed E-state index contributed by atoms with van der Waals surface area (Å²) in [5.74, 6) is -2.52. The van der Waals surface area contributed by atoms with Crippen molar-refractivity contribution < 1.29 is 24.8 Å². The molecule has 0 saturated heterocycles. The van der Waals surface area contributed by atoms with E-state index in [1.165, 1.54) is 0 Å². The van der Waals surface area contributed by atoms with E-state index in [2.05, 4.69) is 4.89 Å². The van der Waals surface area contributed by atoms with Gasteiger partial charge in [-0.25, -0.2) is 4.79 Å². The molecule has 1 aliphatic rings. The maximum atomic E-state index is 10.7. The summed E-state index contributed by atoms with van der Waals surface area (Å²) >= 11 is 0. The highest BCUT2D eigenvalue weighted by Crippen LogP contribution is 2.31. The first-order chi connectivity index (χ1) is 5.65. The SMILES string of the molecule is O=C(O)C1CCC(C(=O)OO)C1. The molecular weight excluding hydrogens is 164 g/mol. The van der Waals surface area contributed by atoms with Crippen LogP contribution in [0.15, 0.2) is 0 Å². The maximum Gasteiger partial charge on any atom is 0.345 e. The highest BCUT2D eigenvalue weighted by molar-refractivity contribution is 5.76. The minimum atomic E-state index is -0.886. The van der Waals surface area contributed by atoms with Crippen LogP contribution in [-0.4, -0.2) is 22.3 Å². The number of carbonyl (C=O) groups is 2. The molecule has 1 aliphatic carbocycles. The fourth-order valence-electron chi connectivity index (χ4n) is 1.49. The summed E-state index contributed by atoms with van der Waals surface area (Å²) in [5, 5.41) is 16.6. The number of rotatable bonds is 2. The van der Waals surface area contributed by atoms with Crippen molar-refractivity contribution in [3.63, 3.8) is 0 Å². The maximum absolute atomic E-state index is 10.7. The van der Waals surface area contributed by atoms with Gasteiger partial charge in [-0.3, -0.25) is 4.79 Å². The quantitative estimate of drug-likeness (QED) is 0.470. The van der Waals surface area contributed by atoms with E-state index >= 15 is 0 Å². The number of aliphatic carboxylic acids is 1. The van der Waals surface area contributed by atoms with Crippen molar-refractivity contribution in [2.75, 3.05) is 0 Å². The zero-order valence-corrected chi connectivity index (χ0v) is 6.40. The number of carboxylic acid groups (broad SMARTS) is 1. The van der Waals surface area contributed by atoms with Crippen LogP contribution in [0.25, 0.3) is 0 Å². The molecule has 0 heterocycles. The van der Waals surface area contributed by atoms with Crippen molar-refractivity contribution in [1.82, 2.24) is 0 Å². The average Bonchev–Trinajstić information content (AvgIpc) is 2.51. The van der Waals surface area contributed by atoms with E-state index in [0.717, 1.165) is 0 Å². The average molecular weight is 174 g/mol. The van der Waals surface area contributed by atoms with Crippen LogP contribution >= 0.6 is 0 Å². The van der Waals surface area contributed by atoms with E-state index in [0.29, 0.717) is 12.8 Å². The molecule has 5 heteroatoms. The summed E-state index contributed by atoms with van der Waals surface area (Å²) in [6.45, 7) is 0. The molecule has 0 aromatic carbocycles. The lowest BCUT2D eigenvalue weighted by Crippen LogP contribution is -2.15. The van der Waals surface area contributed by atoms with Crippen LogP contribution in [0, 0.1) is 11.8 Å². The molecule has 1 rings (SSSR count). The molecule has 0 radical (unpaired) electrons. The molecular formula is C7H10O5. The molecule has 2 unspecified atom stereocenters. The van der Waals surface area contributed by atoms with E-state index in [1.807, 2.05) is 0 Å². The Bertz CT molecular complexity index is 200. The lowest BCUT2D eigenvalue weighted by molar-refractivity contribution is -0.238. The number of hydrogen-bond acceptors (Lipinski definition) is 4. The molecule has 0 spiro atoms. The van der Waals surface area contributed by atoms with Crippen LogP contribution in [0.2, 0.25) is 0 Å². The first kappa shape index (κ1) is 8.99. The lowest BCUT2D eigenvalue weighted by Gasteiger charge is -2.03. The van der Waals surface area contributed by atoms with Gasteiger partial charge in [0.15, 0.2) is 0 Å². The highest BCUT2D eigenvalue weighted by Gasteiger charge is 2.34. The fraction of sp³-hybridized carbons (Fsp3) is 0.714. The lowest BCUT2D eigenvalue weighted by atomic mass is 10.1. The second-order valence-corrected chi connectivity index (χ2v) is 2.96. The largest absolute Gasteiger partial charge is 0.481 e. The van der Waals surface area contributed by atoms with Gasteiger partial charge in [-0.2, -0.15) is 5.26 Å². The molecule has 2 N–H and O–H groups in total. The Labute approximate surface area is 68.9 Å². The predicted molar refractivity (Wildman–Crippen MR) is 37.2 cm³/mol. The zero-order valence-electron chi connectivity index (χ0n) is 6.40. The van der Waals surface area contributed by atoms with Crippen molar-refractivity contribution in [3.05, 3.63) is 0 Å². The molecule has 1 saturated carbocycles. The van der Waals surface area contributed by atoms with E-state index in [9.17, 15) is 9.59 Å². The van der Waals surface area contributed by atoms with Crippen LogP contribution in [0.1, 0.15) is 19.3 Å². The molecule has 1 fully saturated rings. The second-order valence-electron chi connectivity index (χ2n) is 2.96. The second kappa shape index (κ2) is 3.53. The minimum absolute atomic E-state index is 0.273. The summed E-state index contributed by atoms with van der Waals surface area (Å²) < 4.78 is 0. The summed E-state index contributed by atoms with van der Waals surface area (Å²) in [4.78, 5) is 24.7. The van der Waals surface area contributed by atoms with Crippen LogP contribution in [0.3, 0.4) is 0 Å². The van der Waals surface area contributed by atoms with Gasteiger partial charge < -0.3 is 9.99 Å². The standard InChI is InChI=1S/C7H10O5/c8-6(9)4-1-2-5(3-4)7(10)12-11/h4-5,11H,1-3H2,(H,8,9). The zero-order chi connectivity index (χ0) is 9.14. The van der Waals surface area contributed by atoms with Crippen LogP contribution in [0.5, 0.6) is 0 Å². The third kappa shape index (κ3) is 1.73. The van der Waals surface area contributed by atoms with Crippen LogP contribution < -0.4 is 0 Å². The van der Waals surface area contributed by atoms with Crippen molar-refractivity contribution in [2.24, 2.45) is 11.8 Å². The summed E-state index contributed by atoms with van der Waals surface area (Å²) in [6, 6.07) is 0. The Morgan fingerprint density at radius 2 is 1.83 bits per heavy atom. The van der Waals surface area contributed by atoms with Gasteiger partial charge in [0, 0.05) is 0 Å². The van der Waals surface area contributed by atoms with Crippen molar-refractivity contribution in [3.8, 4) is 0 Å². The number of carboxylic acids is 1. The molecule has 0 amide bonds. The normalized spacial score (nSPS) is 28.4. The first-order valence-corrected chi connectivity index (χ1v) is 3.73. The van der Waals surface area contributed by atoms with Gasteiger partial charge in [0.05, 0.1) is 11.8 Å². The van der Waals surface area contributed by atoms with Crippen LogP contribution in [0.4, 0.5) is 0 Å².